The van der Waals surface area contributed by atoms with Crippen LogP contribution in [-0.2, 0) is 16.8 Å². The third kappa shape index (κ3) is 2.55. The molecule has 0 radical (unpaired) electrons. The number of amides is 1. The van der Waals surface area contributed by atoms with Crippen molar-refractivity contribution in [3.05, 3.63) is 58.3 Å². The predicted octanol–water partition coefficient (Wildman–Crippen LogP) is 4.90. The van der Waals surface area contributed by atoms with Gasteiger partial charge in [-0.15, -0.1) is 11.3 Å². The van der Waals surface area contributed by atoms with Crippen molar-refractivity contribution in [3.8, 4) is 0 Å². The van der Waals surface area contributed by atoms with Crippen LogP contribution in [0.15, 0.2) is 47.8 Å². The summed E-state index contributed by atoms with van der Waals surface area (Å²) < 4.78 is 0. The van der Waals surface area contributed by atoms with Crippen LogP contribution < -0.4 is 5.32 Å². The van der Waals surface area contributed by atoms with Crippen LogP contribution in [-0.4, -0.2) is 5.91 Å². The molecule has 1 amide bonds. The topological polar surface area (TPSA) is 29.1 Å². The number of carbonyl (C=O) groups excluding carboxylic acids is 1. The first-order chi connectivity index (χ1) is 12.2. The molecule has 4 saturated carbocycles. The zero-order valence-electron chi connectivity index (χ0n) is 14.5. The van der Waals surface area contributed by atoms with Gasteiger partial charge in [-0.2, -0.15) is 0 Å². The molecule has 4 aliphatic rings. The monoisotopic (exact) mass is 351 g/mol. The molecule has 0 saturated heterocycles. The van der Waals surface area contributed by atoms with Gasteiger partial charge in [0.1, 0.15) is 0 Å². The number of nitrogens with one attached hydrogen (secondary N) is 1. The van der Waals surface area contributed by atoms with Gasteiger partial charge >= 0.3 is 0 Å². The fourth-order valence-corrected chi connectivity index (χ4v) is 7.07. The summed E-state index contributed by atoms with van der Waals surface area (Å²) in [5.41, 5.74) is 1.59. The summed E-state index contributed by atoms with van der Waals surface area (Å²) in [5, 5.41) is 5.36. The van der Waals surface area contributed by atoms with Crippen LogP contribution in [0.5, 0.6) is 0 Å². The Morgan fingerprint density at radius 1 is 1.04 bits per heavy atom. The molecule has 2 nitrogen and oxygen atoms in total. The zero-order chi connectivity index (χ0) is 16.9. The van der Waals surface area contributed by atoms with E-state index in [0.717, 1.165) is 31.1 Å². The van der Waals surface area contributed by atoms with E-state index in [2.05, 4.69) is 53.2 Å². The third-order valence-corrected chi connectivity index (χ3v) is 7.81. The van der Waals surface area contributed by atoms with Gasteiger partial charge in [0.15, 0.2) is 0 Å². The highest BCUT2D eigenvalue weighted by molar-refractivity contribution is 7.09. The second kappa shape index (κ2) is 5.70. The number of rotatable bonds is 4. The predicted molar refractivity (Wildman–Crippen MR) is 101 cm³/mol. The van der Waals surface area contributed by atoms with E-state index in [1.807, 2.05) is 0 Å². The van der Waals surface area contributed by atoms with Gasteiger partial charge in [0.05, 0.1) is 12.0 Å². The standard InChI is InChI=1S/C22H25NOS/c24-20(23-14-19-7-4-8-25-19)22-12-16-9-17(13-22)11-21(10-16,15-22)18-5-2-1-3-6-18/h1-8,16-17H,9-15H2,(H,23,24)/t16-,17+,21?,22?. The van der Waals surface area contributed by atoms with Crippen molar-refractivity contribution in [1.82, 2.24) is 5.32 Å². The third-order valence-electron chi connectivity index (χ3n) is 6.93. The maximum Gasteiger partial charge on any atom is 0.226 e. The molecule has 1 N–H and O–H groups in total. The summed E-state index contributed by atoms with van der Waals surface area (Å²) in [6.07, 6.45) is 7.17. The second-order valence-electron chi connectivity index (χ2n) is 8.65. The number of carbonyl (C=O) groups is 1. The quantitative estimate of drug-likeness (QED) is 0.834. The first-order valence-electron chi connectivity index (χ1n) is 9.54. The molecular weight excluding hydrogens is 326 g/mol. The minimum atomic E-state index is -0.128. The highest BCUT2D eigenvalue weighted by Gasteiger charge is 2.60. The van der Waals surface area contributed by atoms with Crippen molar-refractivity contribution in [2.24, 2.45) is 17.3 Å². The van der Waals surface area contributed by atoms with E-state index in [1.165, 1.54) is 29.7 Å². The van der Waals surface area contributed by atoms with Gasteiger partial charge in [0, 0.05) is 4.88 Å². The van der Waals surface area contributed by atoms with Crippen molar-refractivity contribution < 1.29 is 4.79 Å². The van der Waals surface area contributed by atoms with Crippen LogP contribution in [0.25, 0.3) is 0 Å². The van der Waals surface area contributed by atoms with Gasteiger partial charge in [-0.1, -0.05) is 36.4 Å². The minimum absolute atomic E-state index is 0.128. The fraction of sp³-hybridized carbons (Fsp3) is 0.500. The molecule has 130 valence electrons. The van der Waals surface area contributed by atoms with Crippen molar-refractivity contribution in [1.29, 1.82) is 0 Å². The molecule has 1 aromatic heterocycles. The average Bonchev–Trinajstić information content (AvgIpc) is 3.13. The Morgan fingerprint density at radius 3 is 2.48 bits per heavy atom. The van der Waals surface area contributed by atoms with Gasteiger partial charge in [-0.3, -0.25) is 4.79 Å². The van der Waals surface area contributed by atoms with Crippen LogP contribution in [0.3, 0.4) is 0 Å². The van der Waals surface area contributed by atoms with Gasteiger partial charge in [0.25, 0.3) is 0 Å². The summed E-state index contributed by atoms with van der Waals surface area (Å²) in [5.74, 6) is 1.78. The zero-order valence-corrected chi connectivity index (χ0v) is 15.4. The molecule has 4 aliphatic carbocycles. The van der Waals surface area contributed by atoms with Crippen LogP contribution in [0, 0.1) is 17.3 Å². The van der Waals surface area contributed by atoms with Gasteiger partial charge in [-0.25, -0.2) is 0 Å². The Kier molecular flexibility index (Phi) is 3.56. The second-order valence-corrected chi connectivity index (χ2v) is 9.68. The van der Waals surface area contributed by atoms with E-state index in [4.69, 9.17) is 0 Å². The van der Waals surface area contributed by atoms with E-state index in [-0.39, 0.29) is 10.8 Å². The molecule has 1 aromatic carbocycles. The highest BCUT2D eigenvalue weighted by Crippen LogP contribution is 2.65. The lowest BCUT2D eigenvalue weighted by Crippen LogP contribution is -2.58. The smallest absolute Gasteiger partial charge is 0.226 e. The van der Waals surface area contributed by atoms with Crippen molar-refractivity contribution >= 4 is 17.2 Å². The minimum Gasteiger partial charge on any atom is -0.351 e. The lowest BCUT2D eigenvalue weighted by molar-refractivity contribution is -0.149. The molecule has 0 aliphatic heterocycles. The number of thiophene rings is 1. The maximum absolute atomic E-state index is 13.3. The number of hydrogen-bond donors (Lipinski definition) is 1. The van der Waals surface area contributed by atoms with E-state index >= 15 is 0 Å². The maximum atomic E-state index is 13.3. The lowest BCUT2D eigenvalue weighted by atomic mass is 9.42. The normalized spacial score (nSPS) is 35.7. The molecule has 6 rings (SSSR count). The molecule has 3 heteroatoms. The largest absolute Gasteiger partial charge is 0.351 e. The molecule has 4 atom stereocenters. The summed E-state index contributed by atoms with van der Waals surface area (Å²) in [6.45, 7) is 0.686. The average molecular weight is 352 g/mol. The molecule has 4 bridgehead atoms. The molecule has 25 heavy (non-hydrogen) atoms. The molecule has 0 spiro atoms. The summed E-state index contributed by atoms with van der Waals surface area (Å²) >= 11 is 1.72. The SMILES string of the molecule is O=C(NCc1cccs1)C12C[C@H]3C[C@@H](C1)CC(c1ccccc1)(C3)C2. The number of hydrogen-bond acceptors (Lipinski definition) is 2. The van der Waals surface area contributed by atoms with E-state index in [1.54, 1.807) is 11.3 Å². The number of benzene rings is 1. The first-order valence-corrected chi connectivity index (χ1v) is 10.4. The van der Waals surface area contributed by atoms with Crippen LogP contribution in [0.1, 0.15) is 49.0 Å². The Bertz CT molecular complexity index is 753. The van der Waals surface area contributed by atoms with E-state index < -0.39 is 0 Å². The van der Waals surface area contributed by atoms with Crippen LogP contribution >= 0.6 is 11.3 Å². The highest BCUT2D eigenvalue weighted by atomic mass is 32.1. The van der Waals surface area contributed by atoms with Crippen molar-refractivity contribution in [2.45, 2.75) is 50.5 Å². The van der Waals surface area contributed by atoms with Gasteiger partial charge in [0.2, 0.25) is 5.91 Å². The van der Waals surface area contributed by atoms with Crippen molar-refractivity contribution in [2.75, 3.05) is 0 Å². The Balaban J connectivity index is 1.43. The Labute approximate surface area is 153 Å². The van der Waals surface area contributed by atoms with Crippen LogP contribution in [0.2, 0.25) is 0 Å². The van der Waals surface area contributed by atoms with Gasteiger partial charge < -0.3 is 5.32 Å². The van der Waals surface area contributed by atoms with E-state index in [0.29, 0.717) is 12.5 Å². The molecule has 2 aromatic rings. The van der Waals surface area contributed by atoms with E-state index in [9.17, 15) is 4.79 Å². The Morgan fingerprint density at radius 2 is 1.80 bits per heavy atom. The van der Waals surface area contributed by atoms with Crippen LogP contribution in [0.4, 0.5) is 0 Å². The van der Waals surface area contributed by atoms with Gasteiger partial charge in [-0.05, 0) is 72.8 Å². The molecular formula is C22H25NOS. The summed E-state index contributed by atoms with van der Waals surface area (Å²) in [7, 11) is 0. The summed E-state index contributed by atoms with van der Waals surface area (Å²) in [4.78, 5) is 14.5. The molecule has 2 unspecified atom stereocenters. The summed E-state index contributed by atoms with van der Waals surface area (Å²) in [6, 6.07) is 15.2. The van der Waals surface area contributed by atoms with Crippen molar-refractivity contribution in [3.63, 3.8) is 0 Å². The lowest BCUT2D eigenvalue weighted by Gasteiger charge is -2.61. The molecule has 4 fully saturated rings. The molecule has 1 heterocycles. The Hall–Kier alpha value is -1.61. The fourth-order valence-electron chi connectivity index (χ4n) is 6.43. The first kappa shape index (κ1) is 15.6.